The average molecular weight is 507 g/mol. The minimum Gasteiger partial charge on any atom is -0.384 e. The number of halogens is 2. The Morgan fingerprint density at radius 1 is 1.15 bits per heavy atom. The van der Waals surface area contributed by atoms with E-state index in [1.807, 2.05) is 13.8 Å². The number of nitrogens with zero attached hydrogens (tertiary/aromatic N) is 2. The van der Waals surface area contributed by atoms with E-state index in [-0.39, 0.29) is 29.2 Å². The Morgan fingerprint density at radius 2 is 1.85 bits per heavy atom. The van der Waals surface area contributed by atoms with Crippen LogP contribution in [0.25, 0.3) is 0 Å². The first-order valence-electron chi connectivity index (χ1n) is 10.4. The van der Waals surface area contributed by atoms with E-state index in [0.29, 0.717) is 33.5 Å². The van der Waals surface area contributed by atoms with Gasteiger partial charge in [0.05, 0.1) is 5.57 Å². The molecule has 1 spiro atoms. The number of carbonyl (C=O) groups is 2. The van der Waals surface area contributed by atoms with E-state index in [0.717, 1.165) is 0 Å². The molecule has 1 unspecified atom stereocenters. The van der Waals surface area contributed by atoms with E-state index in [2.05, 4.69) is 27.3 Å². The summed E-state index contributed by atoms with van der Waals surface area (Å²) in [5.41, 5.74) is 6.93. The van der Waals surface area contributed by atoms with Crippen molar-refractivity contribution in [3.8, 4) is 6.07 Å². The maximum atomic E-state index is 13.7. The van der Waals surface area contributed by atoms with Crippen LogP contribution in [0.5, 0.6) is 0 Å². The first-order valence-corrected chi connectivity index (χ1v) is 11.2. The van der Waals surface area contributed by atoms with Gasteiger partial charge < -0.3 is 11.1 Å². The maximum Gasteiger partial charge on any atom is 0.245 e. The van der Waals surface area contributed by atoms with Crippen molar-refractivity contribution in [3.05, 3.63) is 81.0 Å². The fourth-order valence-electron chi connectivity index (χ4n) is 5.28. The lowest BCUT2D eigenvalue weighted by Crippen LogP contribution is -2.52. The van der Waals surface area contributed by atoms with Crippen molar-refractivity contribution in [2.45, 2.75) is 32.1 Å². The number of amides is 1. The smallest absolute Gasteiger partial charge is 0.245 e. The van der Waals surface area contributed by atoms with Crippen LogP contribution >= 0.6 is 15.9 Å². The Balaban J connectivity index is 1.90. The lowest BCUT2D eigenvalue weighted by Gasteiger charge is -2.46. The Kier molecular flexibility index (Phi) is 4.56. The van der Waals surface area contributed by atoms with Crippen LogP contribution in [0, 0.1) is 22.6 Å². The predicted octanol–water partition coefficient (Wildman–Crippen LogP) is 4.64. The van der Waals surface area contributed by atoms with E-state index in [1.54, 1.807) is 35.2 Å². The maximum absolute atomic E-state index is 13.7. The number of fused-ring (bicyclic) bond motifs is 3. The standard InChI is InChI=1S/C25H20BrFN4O2/c1-24(2)10-19-21(20(32)11-24)25(16-9-13(26)3-8-18(16)30-23(25)33)17(12-28)22(29)31(19)15-6-4-14(27)5-7-15/h3-9H,10-11,29H2,1-2H3,(H,30,33). The van der Waals surface area contributed by atoms with Gasteiger partial charge in [0.1, 0.15) is 23.1 Å². The van der Waals surface area contributed by atoms with E-state index < -0.39 is 22.6 Å². The number of benzene rings is 2. The zero-order valence-electron chi connectivity index (χ0n) is 18.0. The van der Waals surface area contributed by atoms with E-state index in [9.17, 15) is 19.2 Å². The highest BCUT2D eigenvalue weighted by molar-refractivity contribution is 9.10. The summed E-state index contributed by atoms with van der Waals surface area (Å²) in [4.78, 5) is 29.0. The molecule has 2 heterocycles. The number of carbonyl (C=O) groups excluding carboxylic acids is 2. The number of rotatable bonds is 1. The zero-order valence-corrected chi connectivity index (χ0v) is 19.6. The number of hydrogen-bond donors (Lipinski definition) is 2. The molecule has 166 valence electrons. The summed E-state index contributed by atoms with van der Waals surface area (Å²) >= 11 is 3.45. The number of nitrogens with one attached hydrogen (secondary N) is 1. The molecule has 0 saturated carbocycles. The van der Waals surface area contributed by atoms with Crippen molar-refractivity contribution in [3.63, 3.8) is 0 Å². The van der Waals surface area contributed by atoms with Gasteiger partial charge in [0.2, 0.25) is 5.91 Å². The van der Waals surface area contributed by atoms with Crippen LogP contribution in [0.3, 0.4) is 0 Å². The first-order chi connectivity index (χ1) is 15.6. The normalized spacial score (nSPS) is 23.4. The summed E-state index contributed by atoms with van der Waals surface area (Å²) in [5.74, 6) is -1.05. The number of nitriles is 1. The topological polar surface area (TPSA) is 99.2 Å². The number of nitrogens with two attached hydrogens (primary N) is 1. The number of hydrogen-bond acceptors (Lipinski definition) is 5. The molecular formula is C25H20BrFN4O2. The Bertz CT molecular complexity index is 1350. The van der Waals surface area contributed by atoms with Crippen LogP contribution in [-0.2, 0) is 15.0 Å². The molecule has 2 aliphatic heterocycles. The lowest BCUT2D eigenvalue weighted by molar-refractivity contribution is -0.123. The van der Waals surface area contributed by atoms with Crippen LogP contribution in [0.1, 0.15) is 32.3 Å². The molecule has 0 radical (unpaired) electrons. The van der Waals surface area contributed by atoms with Gasteiger partial charge >= 0.3 is 0 Å². The van der Waals surface area contributed by atoms with Gasteiger partial charge in [-0.25, -0.2) is 4.39 Å². The molecule has 1 atom stereocenters. The van der Waals surface area contributed by atoms with Gasteiger partial charge in [-0.05, 0) is 54.3 Å². The average Bonchev–Trinajstić information content (AvgIpc) is 3.00. The fraction of sp³-hybridized carbons (Fsp3) is 0.240. The predicted molar refractivity (Wildman–Crippen MR) is 125 cm³/mol. The molecule has 3 aliphatic rings. The highest BCUT2D eigenvalue weighted by Gasteiger charge is 2.61. The molecule has 1 amide bonds. The zero-order chi connectivity index (χ0) is 23.7. The molecule has 2 aromatic carbocycles. The summed E-state index contributed by atoms with van der Waals surface area (Å²) in [6.07, 6.45) is 0.670. The van der Waals surface area contributed by atoms with Gasteiger partial charge in [0.25, 0.3) is 0 Å². The van der Waals surface area contributed by atoms with Crippen molar-refractivity contribution in [1.29, 1.82) is 5.26 Å². The Labute approximate surface area is 198 Å². The second-order valence-electron chi connectivity index (χ2n) is 9.34. The molecule has 8 heteroatoms. The quantitative estimate of drug-likeness (QED) is 0.586. The van der Waals surface area contributed by atoms with Gasteiger partial charge in [-0.15, -0.1) is 0 Å². The third kappa shape index (κ3) is 2.89. The van der Waals surface area contributed by atoms with Gasteiger partial charge in [0, 0.05) is 39.1 Å². The fourth-order valence-corrected chi connectivity index (χ4v) is 5.64. The minimum atomic E-state index is -1.64. The van der Waals surface area contributed by atoms with Crippen LogP contribution in [0.15, 0.2) is 69.6 Å². The monoisotopic (exact) mass is 506 g/mol. The molecule has 3 N–H and O–H groups in total. The van der Waals surface area contributed by atoms with Crippen molar-refractivity contribution in [2.24, 2.45) is 11.1 Å². The summed E-state index contributed by atoms with van der Waals surface area (Å²) in [7, 11) is 0. The van der Waals surface area contributed by atoms with Gasteiger partial charge in [0.15, 0.2) is 5.78 Å². The molecule has 0 fully saturated rings. The summed E-state index contributed by atoms with van der Waals surface area (Å²) < 4.78 is 14.4. The van der Waals surface area contributed by atoms with Crippen LogP contribution in [0.2, 0.25) is 0 Å². The van der Waals surface area contributed by atoms with Crippen molar-refractivity contribution < 1.29 is 14.0 Å². The SMILES string of the molecule is CC1(C)CC(=O)C2=C(C1)N(c1ccc(F)cc1)C(N)=C(C#N)C21C(=O)Nc2ccc(Br)cc21. The number of allylic oxidation sites excluding steroid dienone is 1. The molecule has 5 rings (SSSR count). The number of Topliss-reactive ketones (excluding diaryl/α,β-unsaturated/α-hetero) is 1. The molecule has 2 aromatic rings. The molecule has 6 nitrogen and oxygen atoms in total. The second-order valence-corrected chi connectivity index (χ2v) is 10.3. The molecule has 33 heavy (non-hydrogen) atoms. The second kappa shape index (κ2) is 7.03. The minimum absolute atomic E-state index is 0.0204. The largest absolute Gasteiger partial charge is 0.384 e. The van der Waals surface area contributed by atoms with E-state index in [4.69, 9.17) is 5.73 Å². The van der Waals surface area contributed by atoms with Crippen molar-refractivity contribution in [2.75, 3.05) is 10.2 Å². The molecule has 0 bridgehead atoms. The van der Waals surface area contributed by atoms with Gasteiger partial charge in [-0.2, -0.15) is 5.26 Å². The highest BCUT2D eigenvalue weighted by Crippen LogP contribution is 2.57. The molecular weight excluding hydrogens is 487 g/mol. The molecule has 0 saturated heterocycles. The lowest BCUT2D eigenvalue weighted by atomic mass is 9.61. The Morgan fingerprint density at radius 3 is 2.52 bits per heavy atom. The highest BCUT2D eigenvalue weighted by atomic mass is 79.9. The third-order valence-electron chi connectivity index (χ3n) is 6.54. The number of anilines is 2. The van der Waals surface area contributed by atoms with Gasteiger partial charge in [-0.3, -0.25) is 14.5 Å². The summed E-state index contributed by atoms with van der Waals surface area (Å²) in [6.45, 7) is 3.95. The summed E-state index contributed by atoms with van der Waals surface area (Å²) in [6, 6.07) is 13.1. The van der Waals surface area contributed by atoms with Crippen LogP contribution < -0.4 is 16.0 Å². The van der Waals surface area contributed by atoms with E-state index in [1.165, 1.54) is 12.1 Å². The van der Waals surface area contributed by atoms with Crippen molar-refractivity contribution in [1.82, 2.24) is 0 Å². The van der Waals surface area contributed by atoms with E-state index >= 15 is 0 Å². The van der Waals surface area contributed by atoms with Crippen LogP contribution in [-0.4, -0.2) is 11.7 Å². The third-order valence-corrected chi connectivity index (χ3v) is 7.03. The number of ketones is 1. The summed E-state index contributed by atoms with van der Waals surface area (Å²) in [5, 5.41) is 13.1. The van der Waals surface area contributed by atoms with Crippen molar-refractivity contribution >= 4 is 39.0 Å². The molecule has 1 aliphatic carbocycles. The van der Waals surface area contributed by atoms with Gasteiger partial charge in [-0.1, -0.05) is 29.8 Å². The van der Waals surface area contributed by atoms with Crippen LogP contribution in [0.4, 0.5) is 15.8 Å². The molecule has 0 aromatic heterocycles. The Hall–Kier alpha value is -3.44. The first kappa shape index (κ1) is 21.4.